The number of carbonyl (C=O) groups excluding carboxylic acids is 1. The molecule has 2 saturated heterocycles. The molecule has 1 aromatic carbocycles. The number of benzene rings is 1. The third kappa shape index (κ3) is 3.75. The number of hydrogen-bond acceptors (Lipinski definition) is 4. The molecule has 2 fully saturated rings. The maximum absolute atomic E-state index is 13.4. The third-order valence-electron chi connectivity index (χ3n) is 4.22. The monoisotopic (exact) mass is 406 g/mol. The van der Waals surface area contributed by atoms with E-state index in [0.29, 0.717) is 6.42 Å². The molecule has 0 radical (unpaired) electrons. The van der Waals surface area contributed by atoms with E-state index in [1.165, 1.54) is 23.1 Å². The number of amides is 1. The lowest BCUT2D eigenvalue weighted by Gasteiger charge is -2.27. The summed E-state index contributed by atoms with van der Waals surface area (Å²) >= 11 is 1.07. The first-order chi connectivity index (χ1) is 12.1. The first kappa shape index (κ1) is 19.2. The number of thioether (sulfide) groups is 1. The quantitative estimate of drug-likeness (QED) is 0.772. The first-order valence-electron chi connectivity index (χ1n) is 8.06. The van der Waals surface area contributed by atoms with Crippen molar-refractivity contribution in [2.75, 3.05) is 16.4 Å². The highest BCUT2D eigenvalue weighted by atomic mass is 32.2. The molecule has 0 unspecified atom stereocenters. The number of para-hydroxylation sites is 1. The number of alkyl halides is 3. The minimum atomic E-state index is -4.60. The molecule has 0 bridgehead atoms. The number of amidine groups is 1. The van der Waals surface area contributed by atoms with E-state index in [1.54, 1.807) is 6.92 Å². The molecule has 0 aromatic heterocycles. The van der Waals surface area contributed by atoms with Crippen LogP contribution in [0.4, 0.5) is 18.9 Å². The number of hydrogen-bond donors (Lipinski definition) is 0. The third-order valence-corrected chi connectivity index (χ3v) is 7.43. The predicted octanol–water partition coefficient (Wildman–Crippen LogP) is 3.11. The largest absolute Gasteiger partial charge is 0.418 e. The highest BCUT2D eigenvalue weighted by Gasteiger charge is 2.51. The van der Waals surface area contributed by atoms with Gasteiger partial charge >= 0.3 is 6.18 Å². The van der Waals surface area contributed by atoms with Crippen molar-refractivity contribution in [1.29, 1.82) is 0 Å². The van der Waals surface area contributed by atoms with Crippen molar-refractivity contribution in [3.63, 3.8) is 0 Å². The summed E-state index contributed by atoms with van der Waals surface area (Å²) in [6.45, 7) is 1.80. The Morgan fingerprint density at radius 1 is 1.31 bits per heavy atom. The van der Waals surface area contributed by atoms with Crippen molar-refractivity contribution < 1.29 is 26.4 Å². The minimum Gasteiger partial charge on any atom is -0.315 e. The molecular weight excluding hydrogens is 389 g/mol. The molecule has 26 heavy (non-hydrogen) atoms. The van der Waals surface area contributed by atoms with Crippen LogP contribution in [0.1, 0.15) is 25.3 Å². The minimum absolute atomic E-state index is 0.131. The van der Waals surface area contributed by atoms with E-state index in [1.807, 2.05) is 0 Å². The van der Waals surface area contributed by atoms with Gasteiger partial charge in [-0.05, 0) is 18.6 Å². The van der Waals surface area contributed by atoms with Gasteiger partial charge in [-0.25, -0.2) is 8.42 Å². The van der Waals surface area contributed by atoms with Crippen LogP contribution in [0.3, 0.4) is 0 Å². The van der Waals surface area contributed by atoms with Gasteiger partial charge in [0.2, 0.25) is 5.91 Å². The SMILES string of the molecule is CCCC(=O)N=C1S[C@H]2CS(=O)(=O)C[C@@H]2N1c1ccccc1C(F)(F)F. The van der Waals surface area contributed by atoms with Gasteiger partial charge in [-0.15, -0.1) is 0 Å². The molecule has 0 aliphatic carbocycles. The van der Waals surface area contributed by atoms with E-state index >= 15 is 0 Å². The first-order valence-corrected chi connectivity index (χ1v) is 10.8. The highest BCUT2D eigenvalue weighted by Crippen LogP contribution is 2.45. The van der Waals surface area contributed by atoms with Crippen LogP contribution >= 0.6 is 11.8 Å². The van der Waals surface area contributed by atoms with Gasteiger partial charge in [0.05, 0.1) is 28.8 Å². The fourth-order valence-corrected chi connectivity index (χ4v) is 7.07. The fourth-order valence-electron chi connectivity index (χ4n) is 3.15. The summed E-state index contributed by atoms with van der Waals surface area (Å²) in [5.41, 5.74) is -1.04. The maximum atomic E-state index is 13.4. The van der Waals surface area contributed by atoms with Crippen LogP contribution in [-0.2, 0) is 20.8 Å². The zero-order valence-electron chi connectivity index (χ0n) is 13.9. The summed E-state index contributed by atoms with van der Waals surface area (Å²) in [7, 11) is -3.34. The van der Waals surface area contributed by atoms with E-state index in [0.717, 1.165) is 17.8 Å². The molecule has 2 heterocycles. The van der Waals surface area contributed by atoms with Crippen LogP contribution < -0.4 is 4.90 Å². The predicted molar refractivity (Wildman–Crippen MR) is 95.1 cm³/mol. The molecule has 2 aliphatic heterocycles. The van der Waals surface area contributed by atoms with Crippen molar-refractivity contribution in [1.82, 2.24) is 0 Å². The molecule has 10 heteroatoms. The van der Waals surface area contributed by atoms with Crippen LogP contribution in [0.5, 0.6) is 0 Å². The smallest absolute Gasteiger partial charge is 0.315 e. The molecule has 0 N–H and O–H groups in total. The number of rotatable bonds is 3. The van der Waals surface area contributed by atoms with Crippen molar-refractivity contribution in [3.8, 4) is 0 Å². The number of halogens is 3. The van der Waals surface area contributed by atoms with Gasteiger partial charge in [0, 0.05) is 11.7 Å². The molecule has 0 spiro atoms. The molecule has 3 rings (SSSR count). The molecule has 5 nitrogen and oxygen atoms in total. The Bertz CT molecular complexity index is 853. The van der Waals surface area contributed by atoms with Gasteiger partial charge < -0.3 is 4.90 Å². The highest BCUT2D eigenvalue weighted by molar-refractivity contribution is 8.16. The van der Waals surface area contributed by atoms with Crippen LogP contribution in [0.15, 0.2) is 29.3 Å². The zero-order valence-corrected chi connectivity index (χ0v) is 15.5. The number of anilines is 1. The standard InChI is InChI=1S/C16H17F3N2O3S2/c1-2-5-14(22)20-15-21(12-8-26(23,24)9-13(12)25-15)11-7-4-3-6-10(11)16(17,18)19/h3-4,6-7,12-13H,2,5,8-9H2,1H3/t12-,13-/m0/s1. The van der Waals surface area contributed by atoms with Crippen molar-refractivity contribution in [3.05, 3.63) is 29.8 Å². The van der Waals surface area contributed by atoms with Gasteiger partial charge in [-0.1, -0.05) is 30.8 Å². The van der Waals surface area contributed by atoms with Gasteiger partial charge in [0.25, 0.3) is 0 Å². The van der Waals surface area contributed by atoms with E-state index in [2.05, 4.69) is 4.99 Å². The molecule has 0 saturated carbocycles. The molecule has 2 aliphatic rings. The lowest BCUT2D eigenvalue weighted by Crippen LogP contribution is -2.39. The maximum Gasteiger partial charge on any atom is 0.418 e. The summed E-state index contributed by atoms with van der Waals surface area (Å²) < 4.78 is 64.3. The van der Waals surface area contributed by atoms with Gasteiger partial charge in [-0.2, -0.15) is 18.2 Å². The van der Waals surface area contributed by atoms with Crippen LogP contribution in [0.25, 0.3) is 0 Å². The second kappa shape index (κ2) is 6.88. The Hall–Kier alpha value is -1.55. The molecule has 1 aromatic rings. The number of fused-ring (bicyclic) bond motifs is 1. The zero-order chi connectivity index (χ0) is 19.1. The lowest BCUT2D eigenvalue weighted by atomic mass is 10.1. The van der Waals surface area contributed by atoms with Gasteiger partial charge in [0.1, 0.15) is 0 Å². The number of carbonyl (C=O) groups is 1. The molecule has 2 atom stereocenters. The summed E-state index contributed by atoms with van der Waals surface area (Å²) in [4.78, 5) is 17.2. The number of nitrogens with zero attached hydrogens (tertiary/aromatic N) is 2. The Balaban J connectivity index is 2.09. The lowest BCUT2D eigenvalue weighted by molar-refractivity contribution is -0.137. The second-order valence-corrected chi connectivity index (χ2v) is 9.58. The van der Waals surface area contributed by atoms with E-state index in [-0.39, 0.29) is 28.8 Å². The average Bonchev–Trinajstić information content (AvgIpc) is 2.97. The van der Waals surface area contributed by atoms with Crippen LogP contribution in [-0.4, -0.2) is 42.3 Å². The summed E-state index contributed by atoms with van der Waals surface area (Å²) in [6, 6.07) is 4.30. The Kier molecular flexibility index (Phi) is 5.08. The molecular formula is C16H17F3N2O3S2. The Labute approximate surface area is 153 Å². The normalized spacial score (nSPS) is 26.3. The summed E-state index contributed by atoms with van der Waals surface area (Å²) in [5, 5.41) is -0.292. The Morgan fingerprint density at radius 3 is 2.65 bits per heavy atom. The van der Waals surface area contributed by atoms with Crippen molar-refractivity contribution in [2.24, 2.45) is 4.99 Å². The van der Waals surface area contributed by atoms with Crippen LogP contribution in [0, 0.1) is 0 Å². The average molecular weight is 406 g/mol. The van der Waals surface area contributed by atoms with Gasteiger partial charge in [-0.3, -0.25) is 4.79 Å². The Morgan fingerprint density at radius 2 is 2.00 bits per heavy atom. The number of sulfone groups is 1. The molecule has 1 amide bonds. The van der Waals surface area contributed by atoms with E-state index in [9.17, 15) is 26.4 Å². The van der Waals surface area contributed by atoms with Crippen molar-refractivity contribution >= 4 is 38.4 Å². The molecule has 142 valence electrons. The topological polar surface area (TPSA) is 66.8 Å². The van der Waals surface area contributed by atoms with Gasteiger partial charge in [0.15, 0.2) is 15.0 Å². The fraction of sp³-hybridized carbons (Fsp3) is 0.500. The second-order valence-electron chi connectivity index (χ2n) is 6.22. The van der Waals surface area contributed by atoms with Crippen LogP contribution in [0.2, 0.25) is 0 Å². The van der Waals surface area contributed by atoms with Crippen molar-refractivity contribution in [2.45, 2.75) is 37.2 Å². The summed E-state index contributed by atoms with van der Waals surface area (Å²) in [6.07, 6.45) is -3.84. The summed E-state index contributed by atoms with van der Waals surface area (Å²) in [5.74, 6) is -0.807. The van der Waals surface area contributed by atoms with E-state index < -0.39 is 38.8 Å². The number of aliphatic imine (C=N–C) groups is 1. The van der Waals surface area contributed by atoms with E-state index in [4.69, 9.17) is 0 Å².